The molecule has 1 aliphatic rings. The summed E-state index contributed by atoms with van der Waals surface area (Å²) in [5.41, 5.74) is 3.44. The van der Waals surface area contributed by atoms with Gasteiger partial charge in [-0.05, 0) is 32.4 Å². The number of ether oxygens (including phenoxy) is 1. The van der Waals surface area contributed by atoms with E-state index in [9.17, 15) is 14.7 Å². The first-order valence-electron chi connectivity index (χ1n) is 10.7. The van der Waals surface area contributed by atoms with Crippen LogP contribution in [0.3, 0.4) is 0 Å². The number of allylic oxidation sites excluding steroid dienone is 1. The predicted molar refractivity (Wildman–Crippen MR) is 118 cm³/mol. The second-order valence-electron chi connectivity index (χ2n) is 7.55. The van der Waals surface area contributed by atoms with Crippen molar-refractivity contribution < 1.29 is 19.4 Å². The van der Waals surface area contributed by atoms with Crippen molar-refractivity contribution in [3.05, 3.63) is 65.4 Å². The average molecular weight is 424 g/mol. The van der Waals surface area contributed by atoms with E-state index in [-0.39, 0.29) is 12.2 Å². The Bertz CT molecular complexity index is 1010. The van der Waals surface area contributed by atoms with E-state index in [0.717, 1.165) is 30.5 Å². The number of benzene rings is 1. The van der Waals surface area contributed by atoms with E-state index in [1.807, 2.05) is 35.0 Å². The van der Waals surface area contributed by atoms with Crippen LogP contribution < -0.4 is 5.32 Å². The SMILES string of the molecule is CCCCCC1C(C(=O)O)=C(C)NC(c2cccc(-n3ccnc3)c2)=C1C(=O)OCC. The Morgan fingerprint density at radius 2 is 2.03 bits per heavy atom. The molecule has 1 atom stereocenters. The molecule has 0 amide bonds. The number of esters is 1. The van der Waals surface area contributed by atoms with Crippen molar-refractivity contribution in [3.63, 3.8) is 0 Å². The van der Waals surface area contributed by atoms with Gasteiger partial charge in [-0.2, -0.15) is 0 Å². The maximum absolute atomic E-state index is 13.1. The van der Waals surface area contributed by atoms with E-state index in [1.54, 1.807) is 26.4 Å². The number of aliphatic carboxylic acids is 1. The highest BCUT2D eigenvalue weighted by atomic mass is 16.5. The minimum atomic E-state index is -1.01. The van der Waals surface area contributed by atoms with Crippen molar-refractivity contribution in [1.82, 2.24) is 14.9 Å². The zero-order valence-electron chi connectivity index (χ0n) is 18.2. The van der Waals surface area contributed by atoms with Crippen molar-refractivity contribution in [1.29, 1.82) is 0 Å². The van der Waals surface area contributed by atoms with Crippen molar-refractivity contribution >= 4 is 17.6 Å². The molecular weight excluding hydrogens is 394 g/mol. The van der Waals surface area contributed by atoms with Gasteiger partial charge in [-0.15, -0.1) is 0 Å². The first-order chi connectivity index (χ1) is 15.0. The molecule has 1 aromatic heterocycles. The first kappa shape index (κ1) is 22.3. The summed E-state index contributed by atoms with van der Waals surface area (Å²) >= 11 is 0. The lowest BCUT2D eigenvalue weighted by molar-refractivity contribution is -0.139. The molecule has 2 N–H and O–H groups in total. The number of nitrogens with zero attached hydrogens (tertiary/aromatic N) is 2. The zero-order chi connectivity index (χ0) is 22.4. The van der Waals surface area contributed by atoms with Gasteiger partial charge in [0, 0.05) is 35.3 Å². The number of imidazole rings is 1. The third kappa shape index (κ3) is 4.87. The molecule has 0 saturated carbocycles. The fourth-order valence-corrected chi connectivity index (χ4v) is 4.01. The molecular formula is C24H29N3O4. The maximum atomic E-state index is 13.1. The molecule has 0 radical (unpaired) electrons. The number of unbranched alkanes of at least 4 members (excludes halogenated alkanes) is 2. The Hall–Kier alpha value is -3.35. The fraction of sp³-hybridized carbons (Fsp3) is 0.375. The number of hydrogen-bond acceptors (Lipinski definition) is 5. The highest BCUT2D eigenvalue weighted by molar-refractivity contribution is 6.03. The zero-order valence-corrected chi connectivity index (χ0v) is 18.2. The second-order valence-corrected chi connectivity index (χ2v) is 7.55. The standard InChI is InChI=1S/C24H29N3O4/c1-4-6-7-11-19-20(23(28)29)16(3)26-22(21(19)24(30)31-5-2)17-9-8-10-18(14-17)27-13-12-25-15-27/h8-10,12-15,19,26H,4-7,11H2,1-3H3,(H,28,29). The van der Waals surface area contributed by atoms with Crippen molar-refractivity contribution in [2.75, 3.05) is 6.61 Å². The minimum absolute atomic E-state index is 0.220. The molecule has 164 valence electrons. The van der Waals surface area contributed by atoms with Gasteiger partial charge in [0.1, 0.15) is 0 Å². The number of rotatable bonds is 9. The lowest BCUT2D eigenvalue weighted by Crippen LogP contribution is -2.33. The molecule has 0 fully saturated rings. The van der Waals surface area contributed by atoms with Crippen LogP contribution in [0.2, 0.25) is 0 Å². The number of hydrogen-bond donors (Lipinski definition) is 2. The number of nitrogens with one attached hydrogen (secondary N) is 1. The molecule has 1 aliphatic heterocycles. The van der Waals surface area contributed by atoms with Gasteiger partial charge in [0.15, 0.2) is 0 Å². The molecule has 0 aliphatic carbocycles. The molecule has 1 unspecified atom stereocenters. The Kier molecular flexibility index (Phi) is 7.28. The molecule has 0 spiro atoms. The smallest absolute Gasteiger partial charge is 0.336 e. The molecule has 0 saturated heterocycles. The van der Waals surface area contributed by atoms with E-state index in [1.165, 1.54) is 0 Å². The summed E-state index contributed by atoms with van der Waals surface area (Å²) in [5, 5.41) is 13.1. The van der Waals surface area contributed by atoms with Gasteiger partial charge in [0.05, 0.1) is 29.8 Å². The number of carbonyl (C=O) groups is 2. The van der Waals surface area contributed by atoms with Crippen molar-refractivity contribution in [2.45, 2.75) is 46.5 Å². The van der Waals surface area contributed by atoms with Crippen molar-refractivity contribution in [3.8, 4) is 5.69 Å². The van der Waals surface area contributed by atoms with E-state index in [4.69, 9.17) is 4.74 Å². The van der Waals surface area contributed by atoms with E-state index in [0.29, 0.717) is 23.4 Å². The van der Waals surface area contributed by atoms with Crippen LogP contribution in [0.5, 0.6) is 0 Å². The summed E-state index contributed by atoms with van der Waals surface area (Å²) < 4.78 is 7.24. The molecule has 2 aromatic rings. The van der Waals surface area contributed by atoms with Crippen LogP contribution in [0.25, 0.3) is 11.4 Å². The van der Waals surface area contributed by atoms with Gasteiger partial charge in [-0.25, -0.2) is 14.6 Å². The highest BCUT2D eigenvalue weighted by Gasteiger charge is 2.37. The van der Waals surface area contributed by atoms with Crippen LogP contribution in [-0.2, 0) is 14.3 Å². The molecule has 3 rings (SSSR count). The summed E-state index contributed by atoms with van der Waals surface area (Å²) in [6.45, 7) is 5.81. The molecule has 0 bridgehead atoms. The largest absolute Gasteiger partial charge is 0.478 e. The number of carboxylic acids is 1. The van der Waals surface area contributed by atoms with Crippen LogP contribution in [0.15, 0.2) is 59.8 Å². The number of carboxylic acid groups (broad SMARTS) is 1. The van der Waals surface area contributed by atoms with E-state index < -0.39 is 17.9 Å². The molecule has 1 aromatic carbocycles. The second kappa shape index (κ2) is 10.1. The van der Waals surface area contributed by atoms with Gasteiger partial charge >= 0.3 is 11.9 Å². The average Bonchev–Trinajstić information content (AvgIpc) is 3.28. The number of dihydropyridines is 1. The predicted octanol–water partition coefficient (Wildman–Crippen LogP) is 4.30. The van der Waals surface area contributed by atoms with Crippen LogP contribution >= 0.6 is 0 Å². The van der Waals surface area contributed by atoms with Gasteiger partial charge in [-0.1, -0.05) is 38.3 Å². The van der Waals surface area contributed by atoms with Gasteiger partial charge in [-0.3, -0.25) is 0 Å². The van der Waals surface area contributed by atoms with E-state index >= 15 is 0 Å². The summed E-state index contributed by atoms with van der Waals surface area (Å²) in [5.74, 6) is -2.03. The van der Waals surface area contributed by atoms with Crippen LogP contribution in [0.4, 0.5) is 0 Å². The minimum Gasteiger partial charge on any atom is -0.478 e. The fourth-order valence-electron chi connectivity index (χ4n) is 4.01. The maximum Gasteiger partial charge on any atom is 0.336 e. The highest BCUT2D eigenvalue weighted by Crippen LogP contribution is 2.38. The van der Waals surface area contributed by atoms with Gasteiger partial charge in [0.25, 0.3) is 0 Å². The summed E-state index contributed by atoms with van der Waals surface area (Å²) in [7, 11) is 0. The topological polar surface area (TPSA) is 93.5 Å². The molecule has 31 heavy (non-hydrogen) atoms. The lowest BCUT2D eigenvalue weighted by Gasteiger charge is -2.31. The molecule has 2 heterocycles. The first-order valence-corrected chi connectivity index (χ1v) is 10.7. The third-order valence-electron chi connectivity index (χ3n) is 5.44. The molecule has 7 nitrogen and oxygen atoms in total. The third-order valence-corrected chi connectivity index (χ3v) is 5.44. The van der Waals surface area contributed by atoms with Crippen LogP contribution in [-0.4, -0.2) is 33.2 Å². The number of carbonyl (C=O) groups excluding carboxylic acids is 1. The lowest BCUT2D eigenvalue weighted by atomic mass is 9.80. The van der Waals surface area contributed by atoms with Gasteiger partial charge in [0.2, 0.25) is 0 Å². The van der Waals surface area contributed by atoms with Gasteiger partial charge < -0.3 is 19.7 Å². The Morgan fingerprint density at radius 1 is 1.23 bits per heavy atom. The Labute approximate surface area is 182 Å². The van der Waals surface area contributed by atoms with E-state index in [2.05, 4.69) is 17.2 Å². The monoisotopic (exact) mass is 423 g/mol. The van der Waals surface area contributed by atoms with Crippen LogP contribution in [0.1, 0.15) is 52.0 Å². The number of aromatic nitrogens is 2. The quantitative estimate of drug-likeness (QED) is 0.461. The Balaban J connectivity index is 2.14. The normalized spacial score (nSPS) is 16.3. The van der Waals surface area contributed by atoms with Crippen LogP contribution in [0, 0.1) is 5.92 Å². The summed E-state index contributed by atoms with van der Waals surface area (Å²) in [4.78, 5) is 29.3. The summed E-state index contributed by atoms with van der Waals surface area (Å²) in [6, 6.07) is 7.71. The van der Waals surface area contributed by atoms with Crippen molar-refractivity contribution in [2.24, 2.45) is 5.92 Å². The Morgan fingerprint density at radius 3 is 2.68 bits per heavy atom. The molecule has 7 heteroatoms. The summed E-state index contributed by atoms with van der Waals surface area (Å²) in [6.07, 6.45) is 8.63.